The number of rotatable bonds is 2. The molecule has 0 heterocycles. The summed E-state index contributed by atoms with van der Waals surface area (Å²) in [6, 6.07) is 7.40. The fraction of sp³-hybridized carbons (Fsp3) is 0.385. The van der Waals surface area contributed by atoms with E-state index in [9.17, 15) is 9.59 Å². The maximum absolute atomic E-state index is 12.1. The third kappa shape index (κ3) is 1.43. The van der Waals surface area contributed by atoms with Crippen LogP contribution in [0.1, 0.15) is 35.7 Å². The van der Waals surface area contributed by atoms with Crippen LogP contribution in [0.5, 0.6) is 0 Å². The molecular weight excluding hydrogens is 202 g/mol. The van der Waals surface area contributed by atoms with E-state index in [4.69, 9.17) is 5.73 Å². The summed E-state index contributed by atoms with van der Waals surface area (Å²) in [4.78, 5) is 23.4. The SMILES string of the molecule is CC(C)[C@@H]1c2ccccc2C(=O)[C@@H]1C(N)=O. The molecular formula is C13H15NO2. The molecule has 0 spiro atoms. The van der Waals surface area contributed by atoms with Gasteiger partial charge in [-0.3, -0.25) is 9.59 Å². The van der Waals surface area contributed by atoms with Crippen molar-refractivity contribution in [2.75, 3.05) is 0 Å². The van der Waals surface area contributed by atoms with Crippen molar-refractivity contribution in [2.45, 2.75) is 19.8 Å². The molecule has 2 N–H and O–H groups in total. The lowest BCUT2D eigenvalue weighted by atomic mass is 9.82. The van der Waals surface area contributed by atoms with E-state index < -0.39 is 11.8 Å². The molecule has 0 aliphatic heterocycles. The van der Waals surface area contributed by atoms with Crippen LogP contribution in [0.25, 0.3) is 0 Å². The number of hydrogen-bond acceptors (Lipinski definition) is 2. The summed E-state index contributed by atoms with van der Waals surface area (Å²) >= 11 is 0. The van der Waals surface area contributed by atoms with E-state index in [1.807, 2.05) is 32.0 Å². The highest BCUT2D eigenvalue weighted by Gasteiger charge is 2.44. The molecule has 0 saturated heterocycles. The molecule has 0 bridgehead atoms. The number of carbonyl (C=O) groups is 2. The molecule has 0 fully saturated rings. The van der Waals surface area contributed by atoms with Gasteiger partial charge in [0.1, 0.15) is 5.92 Å². The zero-order valence-corrected chi connectivity index (χ0v) is 9.44. The van der Waals surface area contributed by atoms with Crippen molar-refractivity contribution >= 4 is 11.7 Å². The molecule has 1 aromatic rings. The van der Waals surface area contributed by atoms with Crippen LogP contribution in [0, 0.1) is 11.8 Å². The summed E-state index contributed by atoms with van der Waals surface area (Å²) in [6.45, 7) is 4.02. The molecule has 3 heteroatoms. The van der Waals surface area contributed by atoms with Crippen molar-refractivity contribution in [3.05, 3.63) is 35.4 Å². The predicted octanol–water partition coefficient (Wildman–Crippen LogP) is 1.72. The quantitative estimate of drug-likeness (QED) is 0.767. The predicted molar refractivity (Wildman–Crippen MR) is 61.0 cm³/mol. The van der Waals surface area contributed by atoms with Gasteiger partial charge in [-0.15, -0.1) is 0 Å². The van der Waals surface area contributed by atoms with Gasteiger partial charge < -0.3 is 5.73 Å². The van der Waals surface area contributed by atoms with Gasteiger partial charge in [-0.25, -0.2) is 0 Å². The van der Waals surface area contributed by atoms with Crippen LogP contribution in [0.2, 0.25) is 0 Å². The summed E-state index contributed by atoms with van der Waals surface area (Å²) in [5.74, 6) is -1.16. The van der Waals surface area contributed by atoms with Gasteiger partial charge >= 0.3 is 0 Å². The Morgan fingerprint density at radius 3 is 2.50 bits per heavy atom. The van der Waals surface area contributed by atoms with Crippen molar-refractivity contribution in [1.29, 1.82) is 0 Å². The second-order valence-electron chi connectivity index (χ2n) is 4.60. The fourth-order valence-electron chi connectivity index (χ4n) is 2.57. The molecule has 3 nitrogen and oxygen atoms in total. The Bertz CT molecular complexity index is 451. The van der Waals surface area contributed by atoms with E-state index in [-0.39, 0.29) is 17.6 Å². The average Bonchev–Trinajstić information content (AvgIpc) is 2.53. The average molecular weight is 217 g/mol. The lowest BCUT2D eigenvalue weighted by molar-refractivity contribution is -0.121. The number of hydrogen-bond donors (Lipinski definition) is 1. The zero-order valence-electron chi connectivity index (χ0n) is 9.44. The summed E-state index contributed by atoms with van der Waals surface area (Å²) in [6.07, 6.45) is 0. The molecule has 0 saturated carbocycles. The fourth-order valence-corrected chi connectivity index (χ4v) is 2.57. The first-order valence-electron chi connectivity index (χ1n) is 5.46. The normalized spacial score (nSPS) is 23.6. The lowest BCUT2D eigenvalue weighted by Crippen LogP contribution is -2.32. The minimum atomic E-state index is -0.683. The number of ketones is 1. The molecule has 1 aromatic carbocycles. The van der Waals surface area contributed by atoms with Crippen LogP contribution in [-0.2, 0) is 4.79 Å². The van der Waals surface area contributed by atoms with Crippen molar-refractivity contribution < 1.29 is 9.59 Å². The van der Waals surface area contributed by atoms with Gasteiger partial charge in [0, 0.05) is 11.5 Å². The molecule has 1 aliphatic rings. The van der Waals surface area contributed by atoms with Gasteiger partial charge in [-0.1, -0.05) is 38.1 Å². The molecule has 1 amide bonds. The largest absolute Gasteiger partial charge is 0.369 e. The van der Waals surface area contributed by atoms with Crippen LogP contribution < -0.4 is 5.73 Å². The summed E-state index contributed by atoms with van der Waals surface area (Å²) in [7, 11) is 0. The van der Waals surface area contributed by atoms with Crippen LogP contribution in [0.15, 0.2) is 24.3 Å². The summed E-state index contributed by atoms with van der Waals surface area (Å²) < 4.78 is 0. The Kier molecular flexibility index (Phi) is 2.54. The maximum atomic E-state index is 12.1. The minimum Gasteiger partial charge on any atom is -0.369 e. The second kappa shape index (κ2) is 3.74. The maximum Gasteiger partial charge on any atom is 0.229 e. The van der Waals surface area contributed by atoms with Crippen molar-refractivity contribution in [1.82, 2.24) is 0 Å². The summed E-state index contributed by atoms with van der Waals surface area (Å²) in [5.41, 5.74) is 6.96. The smallest absolute Gasteiger partial charge is 0.229 e. The number of benzene rings is 1. The first kappa shape index (κ1) is 10.9. The van der Waals surface area contributed by atoms with Gasteiger partial charge in [0.25, 0.3) is 0 Å². The molecule has 84 valence electrons. The van der Waals surface area contributed by atoms with Gasteiger partial charge in [-0.2, -0.15) is 0 Å². The van der Waals surface area contributed by atoms with E-state index in [1.165, 1.54) is 0 Å². The van der Waals surface area contributed by atoms with Crippen LogP contribution in [-0.4, -0.2) is 11.7 Å². The van der Waals surface area contributed by atoms with Crippen molar-refractivity contribution in [2.24, 2.45) is 17.6 Å². The highest BCUT2D eigenvalue weighted by Crippen LogP contribution is 2.42. The van der Waals surface area contributed by atoms with Gasteiger partial charge in [-0.05, 0) is 11.5 Å². The monoisotopic (exact) mass is 217 g/mol. The topological polar surface area (TPSA) is 60.2 Å². The molecule has 1 aliphatic carbocycles. The number of amides is 1. The molecule has 2 rings (SSSR count). The van der Waals surface area contributed by atoms with E-state index in [0.717, 1.165) is 5.56 Å². The lowest BCUT2D eigenvalue weighted by Gasteiger charge is -2.20. The van der Waals surface area contributed by atoms with E-state index in [2.05, 4.69) is 0 Å². The molecule has 0 unspecified atom stereocenters. The third-order valence-corrected chi connectivity index (χ3v) is 3.25. The number of Topliss-reactive ketones (excluding diaryl/α,β-unsaturated/α-hetero) is 1. The number of carbonyl (C=O) groups excluding carboxylic acids is 2. The van der Waals surface area contributed by atoms with Crippen LogP contribution >= 0.6 is 0 Å². The van der Waals surface area contributed by atoms with Crippen LogP contribution in [0.4, 0.5) is 0 Å². The Labute approximate surface area is 94.6 Å². The number of primary amides is 1. The van der Waals surface area contributed by atoms with E-state index >= 15 is 0 Å². The minimum absolute atomic E-state index is 0.0683. The Morgan fingerprint density at radius 2 is 1.94 bits per heavy atom. The van der Waals surface area contributed by atoms with Gasteiger partial charge in [0.15, 0.2) is 5.78 Å². The highest BCUT2D eigenvalue weighted by molar-refractivity contribution is 6.14. The Hall–Kier alpha value is -1.64. The molecule has 0 radical (unpaired) electrons. The first-order valence-corrected chi connectivity index (χ1v) is 5.46. The Morgan fingerprint density at radius 1 is 1.31 bits per heavy atom. The van der Waals surface area contributed by atoms with E-state index in [0.29, 0.717) is 5.56 Å². The second-order valence-corrected chi connectivity index (χ2v) is 4.60. The zero-order chi connectivity index (χ0) is 11.9. The van der Waals surface area contributed by atoms with Crippen molar-refractivity contribution in [3.8, 4) is 0 Å². The molecule has 0 aromatic heterocycles. The molecule has 2 atom stereocenters. The number of fused-ring (bicyclic) bond motifs is 1. The van der Waals surface area contributed by atoms with Gasteiger partial charge in [0.05, 0.1) is 0 Å². The number of nitrogens with two attached hydrogens (primary N) is 1. The Balaban J connectivity index is 2.56. The highest BCUT2D eigenvalue weighted by atomic mass is 16.2. The van der Waals surface area contributed by atoms with Gasteiger partial charge in [0.2, 0.25) is 5.91 Å². The third-order valence-electron chi connectivity index (χ3n) is 3.25. The van der Waals surface area contributed by atoms with Crippen LogP contribution in [0.3, 0.4) is 0 Å². The molecule has 16 heavy (non-hydrogen) atoms. The first-order chi connectivity index (χ1) is 7.54. The van der Waals surface area contributed by atoms with Crippen molar-refractivity contribution in [3.63, 3.8) is 0 Å². The standard InChI is InChI=1S/C13H15NO2/c1-7(2)10-8-5-3-4-6-9(8)12(15)11(10)13(14)16/h3-7,10-11H,1-2H3,(H2,14,16)/t10-,11-/m1/s1. The van der Waals surface area contributed by atoms with E-state index in [1.54, 1.807) is 6.07 Å². The summed E-state index contributed by atoms with van der Waals surface area (Å²) in [5, 5.41) is 0.